The smallest absolute Gasteiger partial charge is 0.157 e. The quantitative estimate of drug-likeness (QED) is 0.368. The first-order chi connectivity index (χ1) is 10.9. The van der Waals surface area contributed by atoms with Crippen molar-refractivity contribution in [3.05, 3.63) is 64.0 Å². The average Bonchev–Trinajstić information content (AvgIpc) is 3.01. The molecule has 0 unspecified atom stereocenters. The van der Waals surface area contributed by atoms with Gasteiger partial charge in [0.05, 0.1) is 29.5 Å². The molecule has 3 aromatic rings. The van der Waals surface area contributed by atoms with Crippen molar-refractivity contribution in [3.8, 4) is 16.9 Å². The molecule has 0 aliphatic carbocycles. The SMILES string of the molecule is Cc1c(F)c(Cl)c(F)c(-c2cn(-c3ccc(Cl)nc3)cn2)c1F. The van der Waals surface area contributed by atoms with E-state index in [0.29, 0.717) is 10.8 Å². The number of hydrogen-bond donors (Lipinski definition) is 0. The number of halogens is 5. The Hall–Kier alpha value is -2.05. The van der Waals surface area contributed by atoms with Gasteiger partial charge in [-0.25, -0.2) is 23.1 Å². The number of hydrogen-bond acceptors (Lipinski definition) is 2. The summed E-state index contributed by atoms with van der Waals surface area (Å²) in [6.07, 6.45) is 4.22. The van der Waals surface area contributed by atoms with Crippen LogP contribution in [-0.2, 0) is 0 Å². The first-order valence-corrected chi connectivity index (χ1v) is 7.14. The number of benzene rings is 1. The molecule has 0 bridgehead atoms. The molecule has 3 rings (SSSR count). The number of aromatic nitrogens is 3. The first-order valence-electron chi connectivity index (χ1n) is 6.39. The maximum absolute atomic E-state index is 14.2. The Morgan fingerprint density at radius 2 is 1.74 bits per heavy atom. The van der Waals surface area contributed by atoms with Gasteiger partial charge >= 0.3 is 0 Å². The predicted molar refractivity (Wildman–Crippen MR) is 81.4 cm³/mol. The standard InChI is InChI=1S/C15H8Cl2F3N3/c1-7-13(18)11(15(20)12(17)14(7)19)9-5-23(6-22-9)8-2-3-10(16)21-4-8/h2-6H,1H3. The Bertz CT molecular complexity index is 863. The van der Waals surface area contributed by atoms with E-state index < -0.39 is 28.0 Å². The minimum absolute atomic E-state index is 0.0139. The third-order valence-corrected chi connectivity index (χ3v) is 3.89. The molecule has 0 aliphatic heterocycles. The summed E-state index contributed by atoms with van der Waals surface area (Å²) in [6, 6.07) is 3.23. The van der Waals surface area contributed by atoms with E-state index in [1.165, 1.54) is 30.2 Å². The number of imidazole rings is 1. The minimum atomic E-state index is -1.19. The molecule has 1 aromatic carbocycles. The Labute approximate surface area is 139 Å². The van der Waals surface area contributed by atoms with Gasteiger partial charge in [-0.05, 0) is 19.1 Å². The van der Waals surface area contributed by atoms with Crippen LogP contribution < -0.4 is 0 Å². The highest BCUT2D eigenvalue weighted by Gasteiger charge is 2.24. The molecule has 0 fully saturated rings. The maximum Gasteiger partial charge on any atom is 0.157 e. The topological polar surface area (TPSA) is 30.7 Å². The average molecular weight is 358 g/mol. The summed E-state index contributed by atoms with van der Waals surface area (Å²) in [7, 11) is 0. The highest BCUT2D eigenvalue weighted by molar-refractivity contribution is 6.31. The molecule has 2 heterocycles. The number of pyridine rings is 1. The maximum atomic E-state index is 14.2. The largest absolute Gasteiger partial charge is 0.304 e. The molecule has 2 aromatic heterocycles. The third kappa shape index (κ3) is 2.68. The molecular weight excluding hydrogens is 350 g/mol. The van der Waals surface area contributed by atoms with Crippen LogP contribution >= 0.6 is 23.2 Å². The zero-order valence-corrected chi connectivity index (χ0v) is 13.1. The Kier molecular flexibility index (Phi) is 4.04. The van der Waals surface area contributed by atoms with E-state index in [0.717, 1.165) is 0 Å². The molecule has 8 heteroatoms. The van der Waals surface area contributed by atoms with Crippen molar-refractivity contribution in [1.29, 1.82) is 0 Å². The van der Waals surface area contributed by atoms with Gasteiger partial charge < -0.3 is 4.57 Å². The molecule has 118 valence electrons. The van der Waals surface area contributed by atoms with Gasteiger partial charge in [-0.15, -0.1) is 0 Å². The van der Waals surface area contributed by atoms with Crippen molar-refractivity contribution >= 4 is 23.2 Å². The molecule has 3 nitrogen and oxygen atoms in total. The molecule has 0 saturated carbocycles. The van der Waals surface area contributed by atoms with Crippen molar-refractivity contribution < 1.29 is 13.2 Å². The lowest BCUT2D eigenvalue weighted by atomic mass is 10.1. The van der Waals surface area contributed by atoms with Gasteiger partial charge in [0.25, 0.3) is 0 Å². The van der Waals surface area contributed by atoms with E-state index >= 15 is 0 Å². The fourth-order valence-electron chi connectivity index (χ4n) is 2.09. The van der Waals surface area contributed by atoms with Crippen LogP contribution in [0.4, 0.5) is 13.2 Å². The van der Waals surface area contributed by atoms with Crippen LogP contribution in [0.2, 0.25) is 10.2 Å². The van der Waals surface area contributed by atoms with Crippen LogP contribution in [0.5, 0.6) is 0 Å². The summed E-state index contributed by atoms with van der Waals surface area (Å²) in [6.45, 7) is 1.18. The van der Waals surface area contributed by atoms with Crippen LogP contribution in [-0.4, -0.2) is 14.5 Å². The lowest BCUT2D eigenvalue weighted by Crippen LogP contribution is -2.00. The van der Waals surface area contributed by atoms with Crippen LogP contribution in [0, 0.1) is 24.4 Å². The van der Waals surface area contributed by atoms with Gasteiger partial charge in [-0.3, -0.25) is 0 Å². The van der Waals surface area contributed by atoms with Crippen molar-refractivity contribution in [2.24, 2.45) is 0 Å². The molecule has 0 saturated heterocycles. The van der Waals surface area contributed by atoms with Gasteiger partial charge in [0.15, 0.2) is 11.6 Å². The lowest BCUT2D eigenvalue weighted by molar-refractivity contribution is 0.537. The van der Waals surface area contributed by atoms with Gasteiger partial charge in [-0.2, -0.15) is 0 Å². The molecule has 0 aliphatic rings. The van der Waals surface area contributed by atoms with Gasteiger partial charge in [0.1, 0.15) is 16.0 Å². The molecule has 0 atom stereocenters. The normalized spacial score (nSPS) is 11.0. The van der Waals surface area contributed by atoms with Crippen molar-refractivity contribution in [2.45, 2.75) is 6.92 Å². The lowest BCUT2D eigenvalue weighted by Gasteiger charge is -2.08. The van der Waals surface area contributed by atoms with Crippen molar-refractivity contribution in [2.75, 3.05) is 0 Å². The van der Waals surface area contributed by atoms with Gasteiger partial charge in [-0.1, -0.05) is 23.2 Å². The van der Waals surface area contributed by atoms with E-state index in [2.05, 4.69) is 9.97 Å². The Morgan fingerprint density at radius 3 is 2.39 bits per heavy atom. The third-order valence-electron chi connectivity index (χ3n) is 3.33. The number of rotatable bonds is 2. The summed E-state index contributed by atoms with van der Waals surface area (Å²) in [5.74, 6) is -3.35. The fraction of sp³-hybridized carbons (Fsp3) is 0.0667. The van der Waals surface area contributed by atoms with Crippen molar-refractivity contribution in [3.63, 3.8) is 0 Å². The summed E-state index contributed by atoms with van der Waals surface area (Å²) < 4.78 is 43.5. The van der Waals surface area contributed by atoms with E-state index in [-0.39, 0.29) is 11.3 Å². The second-order valence-electron chi connectivity index (χ2n) is 4.76. The zero-order chi connectivity index (χ0) is 16.7. The van der Waals surface area contributed by atoms with Gasteiger partial charge in [0, 0.05) is 11.8 Å². The van der Waals surface area contributed by atoms with Crippen LogP contribution in [0.3, 0.4) is 0 Å². The van der Waals surface area contributed by atoms with Crippen LogP contribution in [0.15, 0.2) is 30.9 Å². The van der Waals surface area contributed by atoms with Crippen LogP contribution in [0.1, 0.15) is 5.56 Å². The minimum Gasteiger partial charge on any atom is -0.304 e. The second-order valence-corrected chi connectivity index (χ2v) is 5.53. The zero-order valence-electron chi connectivity index (χ0n) is 11.6. The van der Waals surface area contributed by atoms with Crippen LogP contribution in [0.25, 0.3) is 16.9 Å². The summed E-state index contributed by atoms with van der Waals surface area (Å²) >= 11 is 11.3. The highest BCUT2D eigenvalue weighted by Crippen LogP contribution is 2.34. The monoisotopic (exact) mass is 357 g/mol. The molecular formula is C15H8Cl2F3N3. The summed E-state index contributed by atoms with van der Waals surface area (Å²) in [5.41, 5.74) is -0.262. The van der Waals surface area contributed by atoms with Gasteiger partial charge in [0.2, 0.25) is 0 Å². The first kappa shape index (κ1) is 15.8. The molecule has 23 heavy (non-hydrogen) atoms. The van der Waals surface area contributed by atoms with E-state index in [1.807, 2.05) is 0 Å². The predicted octanol–water partition coefficient (Wildman–Crippen LogP) is 4.97. The number of nitrogens with zero attached hydrogens (tertiary/aromatic N) is 3. The van der Waals surface area contributed by atoms with E-state index in [1.54, 1.807) is 12.1 Å². The fourth-order valence-corrected chi connectivity index (χ4v) is 2.44. The summed E-state index contributed by atoms with van der Waals surface area (Å²) in [4.78, 5) is 7.87. The highest BCUT2D eigenvalue weighted by atomic mass is 35.5. The summed E-state index contributed by atoms with van der Waals surface area (Å²) in [5, 5.41) is -0.450. The Balaban J connectivity index is 2.13. The van der Waals surface area contributed by atoms with E-state index in [9.17, 15) is 13.2 Å². The Morgan fingerprint density at radius 1 is 1.00 bits per heavy atom. The van der Waals surface area contributed by atoms with Crippen molar-refractivity contribution in [1.82, 2.24) is 14.5 Å². The second kappa shape index (κ2) is 5.86. The molecule has 0 spiro atoms. The molecule has 0 radical (unpaired) electrons. The molecule has 0 N–H and O–H groups in total. The molecule has 0 amide bonds. The van der Waals surface area contributed by atoms with E-state index in [4.69, 9.17) is 23.2 Å².